The fraction of sp³-hybridized carbons (Fsp3) is 0.533. The van der Waals surface area contributed by atoms with E-state index in [2.05, 4.69) is 5.32 Å². The first-order chi connectivity index (χ1) is 10.1. The molecule has 1 aromatic carbocycles. The molecule has 3 rings (SSSR count). The Kier molecular flexibility index (Phi) is 3.95. The summed E-state index contributed by atoms with van der Waals surface area (Å²) < 4.78 is 11.2. The Bertz CT molecular complexity index is 575. The third-order valence-electron chi connectivity index (χ3n) is 4.12. The number of carboxylic acid groups (broad SMARTS) is 1. The second kappa shape index (κ2) is 5.73. The van der Waals surface area contributed by atoms with Crippen molar-refractivity contribution in [2.45, 2.75) is 25.8 Å². The van der Waals surface area contributed by atoms with Crippen molar-refractivity contribution in [3.8, 4) is 11.5 Å². The normalized spacial score (nSPS) is 24.1. The molecule has 1 aromatic rings. The van der Waals surface area contributed by atoms with Crippen molar-refractivity contribution in [2.24, 2.45) is 5.92 Å². The van der Waals surface area contributed by atoms with Gasteiger partial charge in [-0.25, -0.2) is 0 Å². The van der Waals surface area contributed by atoms with Crippen molar-refractivity contribution < 1.29 is 19.4 Å². The minimum Gasteiger partial charge on any atom is -0.486 e. The molecular formula is C15H18ClNO4. The van der Waals surface area contributed by atoms with Gasteiger partial charge in [0.25, 0.3) is 0 Å². The Morgan fingerprint density at radius 1 is 1.48 bits per heavy atom. The maximum absolute atomic E-state index is 11.1. The van der Waals surface area contributed by atoms with E-state index in [4.69, 9.17) is 26.2 Å². The molecule has 0 saturated carbocycles. The summed E-state index contributed by atoms with van der Waals surface area (Å²) in [4.78, 5) is 11.1. The number of aliphatic carboxylic acids is 1. The van der Waals surface area contributed by atoms with Crippen molar-refractivity contribution >= 4 is 17.6 Å². The molecule has 2 unspecified atom stereocenters. The summed E-state index contributed by atoms with van der Waals surface area (Å²) in [5.74, 6) is 0.147. The number of hydrogen-bond donors (Lipinski definition) is 2. The summed E-state index contributed by atoms with van der Waals surface area (Å²) in [6, 6.07) is 1.94. The number of benzene rings is 1. The van der Waals surface area contributed by atoms with Gasteiger partial charge in [-0.2, -0.15) is 0 Å². The van der Waals surface area contributed by atoms with Crippen LogP contribution in [0.2, 0.25) is 5.02 Å². The first-order valence-electron chi connectivity index (χ1n) is 7.18. The van der Waals surface area contributed by atoms with E-state index in [9.17, 15) is 4.79 Å². The van der Waals surface area contributed by atoms with E-state index < -0.39 is 5.97 Å². The van der Waals surface area contributed by atoms with Crippen LogP contribution in [0.15, 0.2) is 6.07 Å². The number of fused-ring (bicyclic) bond motifs is 1. The highest BCUT2D eigenvalue weighted by Crippen LogP contribution is 2.44. The quantitative estimate of drug-likeness (QED) is 0.897. The minimum absolute atomic E-state index is 0.00521. The van der Waals surface area contributed by atoms with Crippen molar-refractivity contribution in [2.75, 3.05) is 19.8 Å². The lowest BCUT2D eigenvalue weighted by Crippen LogP contribution is -2.20. The van der Waals surface area contributed by atoms with Crippen molar-refractivity contribution in [3.63, 3.8) is 0 Å². The van der Waals surface area contributed by atoms with Crippen LogP contribution in [-0.2, 0) is 11.2 Å². The number of hydrogen-bond acceptors (Lipinski definition) is 4. The summed E-state index contributed by atoms with van der Waals surface area (Å²) in [6.07, 6.45) is 1.33. The molecule has 0 spiro atoms. The Balaban J connectivity index is 1.98. The number of nitrogens with one attached hydrogen (secondary N) is 1. The molecular weight excluding hydrogens is 294 g/mol. The van der Waals surface area contributed by atoms with Gasteiger partial charge in [0.1, 0.15) is 13.2 Å². The molecule has 2 heterocycles. The molecule has 0 bridgehead atoms. The van der Waals surface area contributed by atoms with Crippen LogP contribution in [-0.4, -0.2) is 30.8 Å². The predicted octanol–water partition coefficient (Wildman–Crippen LogP) is 2.41. The van der Waals surface area contributed by atoms with Crippen LogP contribution in [0.5, 0.6) is 11.5 Å². The molecule has 0 aromatic heterocycles. The van der Waals surface area contributed by atoms with E-state index in [-0.39, 0.29) is 12.0 Å². The van der Waals surface area contributed by atoms with E-state index in [1.54, 1.807) is 0 Å². The molecule has 5 nitrogen and oxygen atoms in total. The van der Waals surface area contributed by atoms with Crippen LogP contribution >= 0.6 is 11.6 Å². The zero-order valence-corrected chi connectivity index (χ0v) is 12.6. The highest BCUT2D eigenvalue weighted by atomic mass is 35.5. The van der Waals surface area contributed by atoms with Gasteiger partial charge in [-0.3, -0.25) is 4.79 Å². The number of rotatable bonds is 3. The molecule has 21 heavy (non-hydrogen) atoms. The van der Waals surface area contributed by atoms with Gasteiger partial charge < -0.3 is 19.9 Å². The number of carboxylic acids is 1. The van der Waals surface area contributed by atoms with E-state index >= 15 is 0 Å². The Hall–Kier alpha value is -1.46. The summed E-state index contributed by atoms with van der Waals surface area (Å²) >= 11 is 6.46. The molecule has 114 valence electrons. The van der Waals surface area contributed by atoms with Crippen LogP contribution in [0.25, 0.3) is 0 Å². The largest absolute Gasteiger partial charge is 0.486 e. The highest BCUT2D eigenvalue weighted by molar-refractivity contribution is 6.33. The predicted molar refractivity (Wildman–Crippen MR) is 78.3 cm³/mol. The Labute approximate surface area is 128 Å². The summed E-state index contributed by atoms with van der Waals surface area (Å²) in [6.45, 7) is 3.52. The molecule has 1 fully saturated rings. The average molecular weight is 312 g/mol. The van der Waals surface area contributed by atoms with Gasteiger partial charge in [-0.05, 0) is 30.0 Å². The van der Waals surface area contributed by atoms with Crippen LogP contribution in [0.1, 0.15) is 30.5 Å². The van der Waals surface area contributed by atoms with Gasteiger partial charge in [0.15, 0.2) is 11.5 Å². The number of ether oxygens (including phenoxy) is 2. The van der Waals surface area contributed by atoms with Crippen LogP contribution in [0.3, 0.4) is 0 Å². The first-order valence-corrected chi connectivity index (χ1v) is 7.56. The number of halogens is 1. The third-order valence-corrected chi connectivity index (χ3v) is 4.52. The zero-order chi connectivity index (χ0) is 15.0. The molecule has 0 amide bonds. The van der Waals surface area contributed by atoms with Gasteiger partial charge in [-0.1, -0.05) is 18.5 Å². The monoisotopic (exact) mass is 311 g/mol. The first kappa shape index (κ1) is 14.5. The lowest BCUT2D eigenvalue weighted by molar-refractivity contribution is -0.141. The third kappa shape index (κ3) is 2.56. The highest BCUT2D eigenvalue weighted by Gasteiger charge is 2.33. The van der Waals surface area contributed by atoms with Gasteiger partial charge in [0.2, 0.25) is 0 Å². The maximum Gasteiger partial charge on any atom is 0.307 e. The Morgan fingerprint density at radius 2 is 2.24 bits per heavy atom. The standard InChI is InChI=1S/C15H18ClNO4/c1-2-9-10(11-5-8(7-17-11)15(18)19)6-12-14(13(9)16)21-4-3-20-12/h6,8,11,17H,2-5,7H2,1H3,(H,18,19). The molecule has 2 atom stereocenters. The fourth-order valence-electron chi connectivity index (χ4n) is 3.03. The second-order valence-corrected chi connectivity index (χ2v) is 5.75. The second-order valence-electron chi connectivity index (χ2n) is 5.37. The van der Waals surface area contributed by atoms with Gasteiger partial charge in [-0.15, -0.1) is 0 Å². The molecule has 6 heteroatoms. The lowest BCUT2D eigenvalue weighted by Gasteiger charge is -2.25. The van der Waals surface area contributed by atoms with Crippen molar-refractivity contribution in [1.29, 1.82) is 0 Å². The van der Waals surface area contributed by atoms with Crippen molar-refractivity contribution in [3.05, 3.63) is 22.2 Å². The Morgan fingerprint density at radius 3 is 2.90 bits per heavy atom. The minimum atomic E-state index is -0.758. The van der Waals surface area contributed by atoms with Crippen LogP contribution < -0.4 is 14.8 Å². The van der Waals surface area contributed by atoms with E-state index in [0.717, 1.165) is 17.5 Å². The van der Waals surface area contributed by atoms with Gasteiger partial charge in [0.05, 0.1) is 10.9 Å². The molecule has 0 radical (unpaired) electrons. The SMILES string of the molecule is CCc1c(C2CC(C(=O)O)CN2)cc2c(c1Cl)OCCO2. The smallest absolute Gasteiger partial charge is 0.307 e. The fourth-order valence-corrected chi connectivity index (χ4v) is 3.42. The summed E-state index contributed by atoms with van der Waals surface area (Å²) in [5, 5.41) is 13.0. The molecule has 1 saturated heterocycles. The van der Waals surface area contributed by atoms with E-state index in [0.29, 0.717) is 42.7 Å². The van der Waals surface area contributed by atoms with Gasteiger partial charge >= 0.3 is 5.97 Å². The topological polar surface area (TPSA) is 67.8 Å². The van der Waals surface area contributed by atoms with Crippen molar-refractivity contribution in [1.82, 2.24) is 5.32 Å². The molecule has 2 N–H and O–H groups in total. The average Bonchev–Trinajstić information content (AvgIpc) is 2.97. The lowest BCUT2D eigenvalue weighted by atomic mass is 9.94. The van der Waals surface area contributed by atoms with Gasteiger partial charge in [0, 0.05) is 12.6 Å². The summed E-state index contributed by atoms with van der Waals surface area (Å²) in [7, 11) is 0. The molecule has 2 aliphatic rings. The molecule has 2 aliphatic heterocycles. The van der Waals surface area contributed by atoms with Crippen LogP contribution in [0.4, 0.5) is 0 Å². The molecule has 0 aliphatic carbocycles. The number of carbonyl (C=O) groups is 1. The maximum atomic E-state index is 11.1. The summed E-state index contributed by atoms with van der Waals surface area (Å²) in [5.41, 5.74) is 2.03. The van der Waals surface area contributed by atoms with E-state index in [1.807, 2.05) is 13.0 Å². The van der Waals surface area contributed by atoms with E-state index in [1.165, 1.54) is 0 Å². The zero-order valence-electron chi connectivity index (χ0n) is 11.8. The van der Waals surface area contributed by atoms with Crippen LogP contribution in [0, 0.1) is 5.92 Å².